The van der Waals surface area contributed by atoms with E-state index in [-0.39, 0.29) is 5.91 Å². The van der Waals surface area contributed by atoms with E-state index in [0.29, 0.717) is 41.2 Å². The Balaban J connectivity index is 2.11. The monoisotopic (exact) mass is 377 g/mol. The van der Waals surface area contributed by atoms with Crippen LogP contribution in [0.3, 0.4) is 0 Å². The van der Waals surface area contributed by atoms with Crippen molar-refractivity contribution >= 4 is 23.2 Å². The molecule has 0 saturated carbocycles. The molecule has 140 valence electrons. The Bertz CT molecular complexity index is 744. The van der Waals surface area contributed by atoms with Crippen molar-refractivity contribution < 1.29 is 19.0 Å². The van der Waals surface area contributed by atoms with Crippen LogP contribution in [0.2, 0.25) is 5.02 Å². The van der Waals surface area contributed by atoms with Crippen LogP contribution in [0.25, 0.3) is 0 Å². The van der Waals surface area contributed by atoms with Gasteiger partial charge in [-0.05, 0) is 64.1 Å². The average Bonchev–Trinajstić information content (AvgIpc) is 2.59. The second-order valence-corrected chi connectivity index (χ2v) is 6.48. The number of benzene rings is 2. The van der Waals surface area contributed by atoms with E-state index in [9.17, 15) is 4.79 Å². The topological polar surface area (TPSA) is 56.8 Å². The first-order chi connectivity index (χ1) is 12.4. The van der Waals surface area contributed by atoms with Crippen molar-refractivity contribution in [2.75, 3.05) is 18.5 Å². The van der Waals surface area contributed by atoms with E-state index in [1.54, 1.807) is 56.3 Å². The van der Waals surface area contributed by atoms with E-state index in [2.05, 4.69) is 5.32 Å². The van der Waals surface area contributed by atoms with Gasteiger partial charge < -0.3 is 19.5 Å². The maximum absolute atomic E-state index is 12.7. The zero-order valence-electron chi connectivity index (χ0n) is 15.5. The number of ether oxygens (including phenoxy) is 3. The van der Waals surface area contributed by atoms with Gasteiger partial charge >= 0.3 is 0 Å². The molecule has 5 nitrogen and oxygen atoms in total. The molecule has 0 bridgehead atoms. The third-order valence-electron chi connectivity index (χ3n) is 3.53. The Morgan fingerprint density at radius 2 is 1.62 bits per heavy atom. The molecule has 0 fully saturated rings. The highest BCUT2D eigenvalue weighted by molar-refractivity contribution is 6.30. The van der Waals surface area contributed by atoms with Crippen molar-refractivity contribution in [2.45, 2.75) is 33.3 Å². The molecule has 0 radical (unpaired) electrons. The van der Waals surface area contributed by atoms with Crippen LogP contribution in [0.15, 0.2) is 42.5 Å². The van der Waals surface area contributed by atoms with E-state index < -0.39 is 5.60 Å². The number of nitrogens with one attached hydrogen (secondary N) is 1. The van der Waals surface area contributed by atoms with Gasteiger partial charge in [0, 0.05) is 16.8 Å². The lowest BCUT2D eigenvalue weighted by Gasteiger charge is -2.25. The molecular formula is C20H24ClNO4. The Morgan fingerprint density at radius 3 is 2.23 bits per heavy atom. The van der Waals surface area contributed by atoms with Crippen LogP contribution in [0.1, 0.15) is 27.7 Å². The van der Waals surface area contributed by atoms with Crippen molar-refractivity contribution in [3.05, 3.63) is 47.5 Å². The van der Waals surface area contributed by atoms with E-state index >= 15 is 0 Å². The van der Waals surface area contributed by atoms with Crippen molar-refractivity contribution in [3.63, 3.8) is 0 Å². The number of rotatable bonds is 8. The molecule has 1 N–H and O–H groups in total. The van der Waals surface area contributed by atoms with Gasteiger partial charge in [0.2, 0.25) is 0 Å². The lowest BCUT2D eigenvalue weighted by molar-refractivity contribution is -0.128. The van der Waals surface area contributed by atoms with E-state index in [1.165, 1.54) is 0 Å². The second-order valence-electron chi connectivity index (χ2n) is 6.05. The molecule has 26 heavy (non-hydrogen) atoms. The number of carbonyl (C=O) groups is 1. The highest BCUT2D eigenvalue weighted by Crippen LogP contribution is 2.31. The summed E-state index contributed by atoms with van der Waals surface area (Å²) in [5.74, 6) is 1.52. The van der Waals surface area contributed by atoms with Crippen LogP contribution in [0.5, 0.6) is 17.2 Å². The predicted molar refractivity (Wildman–Crippen MR) is 104 cm³/mol. The van der Waals surface area contributed by atoms with Crippen LogP contribution in [0, 0.1) is 0 Å². The Hall–Kier alpha value is -2.40. The number of halogens is 1. The fraction of sp³-hybridized carbons (Fsp3) is 0.350. The summed E-state index contributed by atoms with van der Waals surface area (Å²) in [5, 5.41) is 3.47. The van der Waals surface area contributed by atoms with Crippen LogP contribution in [0.4, 0.5) is 5.69 Å². The summed E-state index contributed by atoms with van der Waals surface area (Å²) >= 11 is 5.87. The molecule has 1 amide bonds. The molecule has 0 aliphatic rings. The minimum absolute atomic E-state index is 0.279. The first-order valence-corrected chi connectivity index (χ1v) is 8.89. The molecule has 0 saturated heterocycles. The summed E-state index contributed by atoms with van der Waals surface area (Å²) in [7, 11) is 0. The number of carbonyl (C=O) groups excluding carboxylic acids is 1. The third kappa shape index (κ3) is 5.30. The maximum atomic E-state index is 12.7. The van der Waals surface area contributed by atoms with Crippen LogP contribution >= 0.6 is 11.6 Å². The zero-order valence-corrected chi connectivity index (χ0v) is 16.2. The summed E-state index contributed by atoms with van der Waals surface area (Å²) in [6, 6.07) is 12.2. The molecular weight excluding hydrogens is 354 g/mol. The summed E-state index contributed by atoms with van der Waals surface area (Å²) in [4.78, 5) is 12.7. The quantitative estimate of drug-likeness (QED) is 0.708. The SMILES string of the molecule is CCOc1ccc(NC(=O)C(C)(C)Oc2ccc(Cl)cc2)cc1OCC. The molecule has 2 rings (SSSR count). The average molecular weight is 378 g/mol. The van der Waals surface area contributed by atoms with Gasteiger partial charge in [-0.3, -0.25) is 4.79 Å². The van der Waals surface area contributed by atoms with Gasteiger partial charge in [-0.2, -0.15) is 0 Å². The van der Waals surface area contributed by atoms with Crippen LogP contribution in [-0.4, -0.2) is 24.7 Å². The lowest BCUT2D eigenvalue weighted by Crippen LogP contribution is -2.42. The Morgan fingerprint density at radius 1 is 1.00 bits per heavy atom. The Labute approximate surface area is 159 Å². The Kier molecular flexibility index (Phi) is 6.75. The summed E-state index contributed by atoms with van der Waals surface area (Å²) in [6.07, 6.45) is 0. The van der Waals surface area contributed by atoms with Gasteiger partial charge in [-0.25, -0.2) is 0 Å². The molecule has 2 aromatic rings. The van der Waals surface area contributed by atoms with Crippen LogP contribution < -0.4 is 19.5 Å². The minimum Gasteiger partial charge on any atom is -0.490 e. The summed E-state index contributed by atoms with van der Waals surface area (Å²) in [5.41, 5.74) is -0.465. The van der Waals surface area contributed by atoms with E-state index in [4.69, 9.17) is 25.8 Å². The highest BCUT2D eigenvalue weighted by Gasteiger charge is 2.30. The van der Waals surface area contributed by atoms with Crippen molar-refractivity contribution in [1.82, 2.24) is 0 Å². The minimum atomic E-state index is -1.07. The standard InChI is InChI=1S/C20H24ClNO4/c1-5-24-17-12-9-15(13-18(17)25-6-2)22-19(23)20(3,4)26-16-10-7-14(21)8-11-16/h7-13H,5-6H2,1-4H3,(H,22,23). The van der Waals surface area contributed by atoms with Gasteiger partial charge in [0.1, 0.15) is 5.75 Å². The molecule has 0 spiro atoms. The normalized spacial score (nSPS) is 11.0. The lowest BCUT2D eigenvalue weighted by atomic mass is 10.1. The number of hydrogen-bond acceptors (Lipinski definition) is 4. The van der Waals surface area contributed by atoms with Gasteiger partial charge in [0.25, 0.3) is 5.91 Å². The molecule has 0 aliphatic heterocycles. The van der Waals surface area contributed by atoms with Crippen molar-refractivity contribution in [1.29, 1.82) is 0 Å². The van der Waals surface area contributed by atoms with E-state index in [1.807, 2.05) is 13.8 Å². The zero-order chi connectivity index (χ0) is 19.2. The fourth-order valence-corrected chi connectivity index (χ4v) is 2.38. The largest absolute Gasteiger partial charge is 0.490 e. The van der Waals surface area contributed by atoms with Gasteiger partial charge in [0.05, 0.1) is 13.2 Å². The second kappa shape index (κ2) is 8.81. The van der Waals surface area contributed by atoms with Crippen LogP contribution in [-0.2, 0) is 4.79 Å². The molecule has 2 aromatic carbocycles. The van der Waals surface area contributed by atoms with Crippen molar-refractivity contribution in [3.8, 4) is 17.2 Å². The highest BCUT2D eigenvalue weighted by atomic mass is 35.5. The maximum Gasteiger partial charge on any atom is 0.267 e. The van der Waals surface area contributed by atoms with E-state index in [0.717, 1.165) is 0 Å². The summed E-state index contributed by atoms with van der Waals surface area (Å²) < 4.78 is 16.9. The summed E-state index contributed by atoms with van der Waals surface area (Å²) in [6.45, 7) is 8.24. The molecule has 0 aliphatic carbocycles. The van der Waals surface area contributed by atoms with Gasteiger partial charge in [-0.15, -0.1) is 0 Å². The molecule has 0 heterocycles. The number of anilines is 1. The molecule has 0 aromatic heterocycles. The third-order valence-corrected chi connectivity index (χ3v) is 3.79. The van der Waals surface area contributed by atoms with Crippen molar-refractivity contribution in [2.24, 2.45) is 0 Å². The molecule has 6 heteroatoms. The molecule has 0 unspecified atom stereocenters. The number of amides is 1. The predicted octanol–water partition coefficient (Wildman–Crippen LogP) is 4.93. The number of hydrogen-bond donors (Lipinski definition) is 1. The van der Waals surface area contributed by atoms with Gasteiger partial charge in [-0.1, -0.05) is 11.6 Å². The smallest absolute Gasteiger partial charge is 0.267 e. The first-order valence-electron chi connectivity index (χ1n) is 8.51. The molecule has 0 atom stereocenters. The first kappa shape index (κ1) is 19.9. The van der Waals surface area contributed by atoms with Gasteiger partial charge in [0.15, 0.2) is 17.1 Å². The fourth-order valence-electron chi connectivity index (χ4n) is 2.25.